The lowest BCUT2D eigenvalue weighted by atomic mass is 9.70. The van der Waals surface area contributed by atoms with Crippen LogP contribution in [0.25, 0.3) is 34.4 Å². The summed E-state index contributed by atoms with van der Waals surface area (Å²) in [7, 11) is 0. The van der Waals surface area contributed by atoms with Gasteiger partial charge in [-0.1, -0.05) is 408 Å². The van der Waals surface area contributed by atoms with Crippen molar-refractivity contribution >= 4 is 12.2 Å². The van der Waals surface area contributed by atoms with Crippen LogP contribution in [0, 0.1) is 0 Å². The van der Waals surface area contributed by atoms with Gasteiger partial charge >= 0.3 is 0 Å². The summed E-state index contributed by atoms with van der Waals surface area (Å²) >= 11 is 0. The van der Waals surface area contributed by atoms with Crippen molar-refractivity contribution in [3.05, 3.63) is 128 Å². The lowest BCUT2D eigenvalue weighted by Gasteiger charge is -2.33. The van der Waals surface area contributed by atoms with Gasteiger partial charge in [0, 0.05) is 10.8 Å². The zero-order chi connectivity index (χ0) is 63.2. The van der Waals surface area contributed by atoms with E-state index in [1.54, 1.807) is 44.5 Å². The largest absolute Gasteiger partial charge is 0.0683 e. The average Bonchev–Trinajstić information content (AvgIpc) is 1.58. The Kier molecular flexibility index (Phi) is 35.5. The first-order valence-corrected chi connectivity index (χ1v) is 40.3. The second-order valence-electron chi connectivity index (χ2n) is 30.3. The summed E-state index contributed by atoms with van der Waals surface area (Å²) < 4.78 is 0. The third-order valence-corrected chi connectivity index (χ3v) is 22.6. The average molecular weight is 1220 g/mol. The molecule has 0 saturated carbocycles. The standard InChI is InChI=1S/2C45H70/c2*1-4-6-8-10-12-14-16-18-20-22-24-28-32-45(33-29-25-23-21-19-17-15-13-11-9-7-5-2)43-31-27-26-30-41(43)42-36-39-34-38(3)35-40(39)37-44(42)45/h2*26-27,30-31,35-37H,4-25,28-29,32-34H2,1-3H3. The first kappa shape index (κ1) is 73.8. The molecule has 4 aliphatic carbocycles. The Labute approximate surface area is 558 Å². The van der Waals surface area contributed by atoms with E-state index in [0.29, 0.717) is 0 Å². The number of fused-ring (bicyclic) bond motifs is 8. The SMILES string of the molecule is CCCCCCCCCCCCCCC1(CCCCCCCCCCCCCC)c2ccccc2-c2cc3c(cc21)C=C(C)C3.CCCCCCCCCCCCCCC1(CCCCCCCCCCCCCC)c2ccccc2-c2cc3c(cc21)C=C(C)C3. The van der Waals surface area contributed by atoms with E-state index in [4.69, 9.17) is 0 Å². The minimum Gasteiger partial charge on any atom is -0.0683 e. The first-order chi connectivity index (χ1) is 44.4. The molecule has 0 N–H and O–H groups in total. The highest BCUT2D eigenvalue weighted by Gasteiger charge is 2.44. The molecule has 90 heavy (non-hydrogen) atoms. The van der Waals surface area contributed by atoms with Gasteiger partial charge in [0.25, 0.3) is 0 Å². The summed E-state index contributed by atoms with van der Waals surface area (Å²) in [5, 5.41) is 0. The fraction of sp³-hybridized carbons (Fsp3) is 0.689. The Balaban J connectivity index is 0.000000256. The predicted molar refractivity (Wildman–Crippen MR) is 403 cm³/mol. The van der Waals surface area contributed by atoms with E-state index in [1.165, 1.54) is 367 Å². The predicted octanol–water partition coefficient (Wildman–Crippen LogP) is 30.2. The second kappa shape index (κ2) is 43.4. The Morgan fingerprint density at radius 3 is 0.711 bits per heavy atom. The van der Waals surface area contributed by atoms with Crippen LogP contribution in [0.2, 0.25) is 0 Å². The quantitative estimate of drug-likeness (QED) is 0.0387. The van der Waals surface area contributed by atoms with Gasteiger partial charge in [-0.05, 0) is 143 Å². The maximum atomic E-state index is 2.64. The molecule has 0 bridgehead atoms. The number of hydrogen-bond donors (Lipinski definition) is 0. The van der Waals surface area contributed by atoms with E-state index >= 15 is 0 Å². The summed E-state index contributed by atoms with van der Waals surface area (Å²) in [5.41, 5.74) is 22.4. The van der Waals surface area contributed by atoms with Crippen molar-refractivity contribution in [2.45, 2.75) is 399 Å². The highest BCUT2D eigenvalue weighted by molar-refractivity contribution is 5.85. The second-order valence-corrected chi connectivity index (χ2v) is 30.3. The maximum Gasteiger partial charge on any atom is 0.0215 e. The Morgan fingerprint density at radius 1 is 0.244 bits per heavy atom. The normalized spacial score (nSPS) is 14.4. The van der Waals surface area contributed by atoms with Crippen LogP contribution >= 0.6 is 0 Å². The molecule has 0 unspecified atom stereocenters. The van der Waals surface area contributed by atoms with Crippen LogP contribution in [-0.2, 0) is 23.7 Å². The van der Waals surface area contributed by atoms with E-state index in [1.807, 2.05) is 0 Å². The highest BCUT2D eigenvalue weighted by Crippen LogP contribution is 2.57. The molecule has 4 aromatic rings. The van der Waals surface area contributed by atoms with Gasteiger partial charge in [-0.2, -0.15) is 0 Å². The van der Waals surface area contributed by atoms with Crippen LogP contribution in [-0.4, -0.2) is 0 Å². The Morgan fingerprint density at radius 2 is 0.467 bits per heavy atom. The van der Waals surface area contributed by atoms with Gasteiger partial charge < -0.3 is 0 Å². The molecule has 0 heterocycles. The van der Waals surface area contributed by atoms with Gasteiger partial charge in [0.2, 0.25) is 0 Å². The molecule has 4 aromatic carbocycles. The summed E-state index contributed by atoms with van der Waals surface area (Å²) in [6.07, 6.45) is 81.0. The minimum atomic E-state index is 0.211. The molecule has 4 aliphatic rings. The van der Waals surface area contributed by atoms with Crippen molar-refractivity contribution in [1.82, 2.24) is 0 Å². The molecule has 0 aromatic heterocycles. The summed E-state index contributed by atoms with van der Waals surface area (Å²) in [6, 6.07) is 29.5. The van der Waals surface area contributed by atoms with Crippen molar-refractivity contribution < 1.29 is 0 Å². The third kappa shape index (κ3) is 23.4. The van der Waals surface area contributed by atoms with Crippen LogP contribution in [0.5, 0.6) is 0 Å². The molecule has 0 atom stereocenters. The van der Waals surface area contributed by atoms with E-state index in [0.717, 1.165) is 12.8 Å². The Bertz CT molecular complexity index is 2390. The Hall–Kier alpha value is -3.64. The van der Waals surface area contributed by atoms with Crippen LogP contribution in [0.4, 0.5) is 0 Å². The van der Waals surface area contributed by atoms with Crippen molar-refractivity contribution in [2.75, 3.05) is 0 Å². The van der Waals surface area contributed by atoms with Crippen LogP contribution in [0.1, 0.15) is 420 Å². The lowest BCUT2D eigenvalue weighted by molar-refractivity contribution is 0.396. The monoisotopic (exact) mass is 1220 g/mol. The van der Waals surface area contributed by atoms with Crippen LogP contribution in [0.15, 0.2) is 83.9 Å². The van der Waals surface area contributed by atoms with Gasteiger partial charge in [-0.3, -0.25) is 0 Å². The molecule has 0 aliphatic heterocycles. The molecule has 0 saturated heterocycles. The van der Waals surface area contributed by atoms with Crippen LogP contribution < -0.4 is 0 Å². The molecule has 0 radical (unpaired) electrons. The van der Waals surface area contributed by atoms with Gasteiger partial charge in [-0.25, -0.2) is 0 Å². The number of rotatable bonds is 52. The number of benzene rings is 4. The summed E-state index contributed by atoms with van der Waals surface area (Å²) in [5.74, 6) is 0. The van der Waals surface area contributed by atoms with E-state index < -0.39 is 0 Å². The van der Waals surface area contributed by atoms with Gasteiger partial charge in [0.1, 0.15) is 0 Å². The van der Waals surface area contributed by atoms with Crippen molar-refractivity contribution in [1.29, 1.82) is 0 Å². The lowest BCUT2D eigenvalue weighted by Crippen LogP contribution is -2.25. The summed E-state index contributed by atoms with van der Waals surface area (Å²) in [6.45, 7) is 13.9. The molecule has 0 heteroatoms. The van der Waals surface area contributed by atoms with E-state index in [2.05, 4.69) is 126 Å². The van der Waals surface area contributed by atoms with Crippen molar-refractivity contribution in [2.24, 2.45) is 0 Å². The third-order valence-electron chi connectivity index (χ3n) is 22.6. The van der Waals surface area contributed by atoms with Gasteiger partial charge in [0.05, 0.1) is 0 Å². The number of unbranched alkanes of at least 4 members (excludes halogenated alkanes) is 44. The fourth-order valence-electron chi connectivity index (χ4n) is 17.3. The smallest absolute Gasteiger partial charge is 0.0215 e. The molecule has 0 spiro atoms. The topological polar surface area (TPSA) is 0 Å². The molecular formula is C90H140. The number of allylic oxidation sites excluding steroid dienone is 2. The molecular weight excluding hydrogens is 1080 g/mol. The van der Waals surface area contributed by atoms with E-state index in [-0.39, 0.29) is 10.8 Å². The van der Waals surface area contributed by atoms with E-state index in [9.17, 15) is 0 Å². The number of hydrogen-bond acceptors (Lipinski definition) is 0. The summed E-state index contributed by atoms with van der Waals surface area (Å²) in [4.78, 5) is 0. The zero-order valence-electron chi connectivity index (χ0n) is 60.3. The maximum absolute atomic E-state index is 2.64. The molecule has 0 nitrogen and oxygen atoms in total. The first-order valence-electron chi connectivity index (χ1n) is 40.3. The van der Waals surface area contributed by atoms with Crippen molar-refractivity contribution in [3.63, 3.8) is 0 Å². The van der Waals surface area contributed by atoms with Gasteiger partial charge in [-0.15, -0.1) is 0 Å². The molecule has 0 amide bonds. The highest BCUT2D eigenvalue weighted by atomic mass is 14.5. The molecule has 0 fully saturated rings. The fourth-order valence-corrected chi connectivity index (χ4v) is 17.3. The van der Waals surface area contributed by atoms with Crippen molar-refractivity contribution in [3.8, 4) is 22.3 Å². The van der Waals surface area contributed by atoms with Gasteiger partial charge in [0.15, 0.2) is 0 Å². The molecule has 500 valence electrons. The zero-order valence-corrected chi connectivity index (χ0v) is 60.3. The minimum absolute atomic E-state index is 0.211. The van der Waals surface area contributed by atoms with Crippen LogP contribution in [0.3, 0.4) is 0 Å². The molecule has 8 rings (SSSR count).